The van der Waals surface area contributed by atoms with Crippen LogP contribution in [0.15, 0.2) is 35.1 Å². The number of aliphatic hydroxyl groups excluding tert-OH is 1. The van der Waals surface area contributed by atoms with Crippen LogP contribution < -0.4 is 16.3 Å². The smallest absolute Gasteiger partial charge is 0.301 e. The van der Waals surface area contributed by atoms with Gasteiger partial charge in [0.25, 0.3) is 0 Å². The number of H-pyrrole nitrogens is 1. The molecule has 2 heterocycles. The second-order valence-electron chi connectivity index (χ2n) is 5.21. The fourth-order valence-electron chi connectivity index (χ4n) is 2.42. The number of aliphatic hydroxyl groups is 1. The third-order valence-corrected chi connectivity index (χ3v) is 3.84. The highest BCUT2D eigenvalue weighted by molar-refractivity contribution is 7.71. The van der Waals surface area contributed by atoms with Crippen LogP contribution in [-0.2, 0) is 0 Å². The van der Waals surface area contributed by atoms with Crippen LogP contribution in [0.1, 0.15) is 6.92 Å². The minimum atomic E-state index is -0.746. The standard InChI is InChI=1S/C17H10N6O2S/c1-9(24)12-16(25)22-15-14(20-12)13(10(7-18)8-19)21-17(26)23(15)11-5-3-2-4-6-11/h2-6,24H,1H3,(H,21,26)/b12-9+. The van der Waals surface area contributed by atoms with Crippen molar-refractivity contribution in [3.63, 3.8) is 0 Å². The molecule has 26 heavy (non-hydrogen) atoms. The quantitative estimate of drug-likeness (QED) is 0.608. The maximum Gasteiger partial charge on any atom is 0.301 e. The molecule has 0 aliphatic carbocycles. The molecule has 9 heteroatoms. The lowest BCUT2D eigenvalue weighted by Gasteiger charge is -2.14. The zero-order valence-corrected chi connectivity index (χ0v) is 14.2. The van der Waals surface area contributed by atoms with E-state index < -0.39 is 5.56 Å². The molecule has 8 nitrogen and oxygen atoms in total. The van der Waals surface area contributed by atoms with Crippen molar-refractivity contribution in [1.82, 2.24) is 19.5 Å². The Morgan fingerprint density at radius 3 is 2.46 bits per heavy atom. The van der Waals surface area contributed by atoms with Crippen molar-refractivity contribution in [2.75, 3.05) is 0 Å². The number of aromatic amines is 1. The first kappa shape index (κ1) is 17.0. The minimum absolute atomic E-state index is 0.0391. The first-order valence-electron chi connectivity index (χ1n) is 7.30. The molecule has 126 valence electrons. The first-order chi connectivity index (χ1) is 12.5. The highest BCUT2D eigenvalue weighted by Gasteiger charge is 2.19. The van der Waals surface area contributed by atoms with Crippen LogP contribution in [0.2, 0.25) is 0 Å². The summed E-state index contributed by atoms with van der Waals surface area (Å²) in [5.41, 5.74) is -0.324. The number of aromatic nitrogens is 4. The molecule has 0 fully saturated rings. The van der Waals surface area contributed by atoms with Gasteiger partial charge in [0, 0.05) is 5.69 Å². The molecular formula is C17H10N6O2S. The van der Waals surface area contributed by atoms with Crippen molar-refractivity contribution in [2.24, 2.45) is 0 Å². The van der Waals surface area contributed by atoms with E-state index in [1.54, 1.807) is 36.4 Å². The van der Waals surface area contributed by atoms with E-state index in [2.05, 4.69) is 15.0 Å². The van der Waals surface area contributed by atoms with E-state index >= 15 is 0 Å². The number of nitrogens with zero attached hydrogens (tertiary/aromatic N) is 5. The van der Waals surface area contributed by atoms with Crippen molar-refractivity contribution in [3.8, 4) is 29.3 Å². The van der Waals surface area contributed by atoms with Crippen LogP contribution in [0.25, 0.3) is 28.5 Å². The van der Waals surface area contributed by atoms with Crippen LogP contribution in [0.5, 0.6) is 0 Å². The van der Waals surface area contributed by atoms with Gasteiger partial charge in [-0.1, -0.05) is 18.2 Å². The van der Waals surface area contributed by atoms with Gasteiger partial charge in [-0.05, 0) is 31.3 Å². The van der Waals surface area contributed by atoms with Gasteiger partial charge in [-0.3, -0.25) is 9.36 Å². The molecule has 1 aromatic rings. The fourth-order valence-corrected chi connectivity index (χ4v) is 2.72. The fraction of sp³-hybridized carbons (Fsp3) is 0.0588. The Morgan fingerprint density at radius 2 is 1.88 bits per heavy atom. The predicted octanol–water partition coefficient (Wildman–Crippen LogP) is 0.674. The van der Waals surface area contributed by atoms with Gasteiger partial charge < -0.3 is 10.1 Å². The molecule has 2 aliphatic rings. The molecule has 2 aliphatic heterocycles. The molecule has 0 atom stereocenters. The lowest BCUT2D eigenvalue weighted by atomic mass is 10.2. The summed E-state index contributed by atoms with van der Waals surface area (Å²) in [7, 11) is 0. The van der Waals surface area contributed by atoms with Gasteiger partial charge in [0.15, 0.2) is 21.5 Å². The number of hydrogen-bond donors (Lipinski definition) is 2. The molecule has 3 rings (SSSR count). The summed E-state index contributed by atoms with van der Waals surface area (Å²) in [5.74, 6) is -0.243. The summed E-state index contributed by atoms with van der Waals surface area (Å²) < 4.78 is 1.61. The van der Waals surface area contributed by atoms with Gasteiger partial charge in [0.05, 0.1) is 5.35 Å². The summed E-state index contributed by atoms with van der Waals surface area (Å²) >= 11 is 5.34. The van der Waals surface area contributed by atoms with E-state index in [9.17, 15) is 20.4 Å². The Balaban J connectivity index is 2.68. The average Bonchev–Trinajstić information content (AvgIpc) is 2.62. The Labute approximate surface area is 151 Å². The number of nitrogens with one attached hydrogen (secondary N) is 1. The topological polar surface area (TPSA) is 131 Å². The number of rotatable bonds is 1. The predicted molar refractivity (Wildman–Crippen MR) is 95.0 cm³/mol. The summed E-state index contributed by atoms with van der Waals surface area (Å²) in [5, 5.41) is 27.9. The molecule has 0 radical (unpaired) electrons. The van der Waals surface area contributed by atoms with Gasteiger partial charge >= 0.3 is 5.56 Å². The molecule has 0 aromatic heterocycles. The maximum atomic E-state index is 12.2. The minimum Gasteiger partial charge on any atom is -0.510 e. The number of para-hydroxylation sites is 1. The van der Waals surface area contributed by atoms with Crippen LogP contribution in [0, 0.1) is 27.4 Å². The number of hydrogen-bond acceptors (Lipinski definition) is 7. The SMILES string of the molecule is C/C(O)=c1\nc2c(=C(C#N)C#N)[nH]c(=S)n(-c3ccccc3)c-2nc1=O. The average molecular weight is 362 g/mol. The second kappa shape index (κ2) is 6.59. The highest BCUT2D eigenvalue weighted by Crippen LogP contribution is 2.16. The summed E-state index contributed by atoms with van der Waals surface area (Å²) in [4.78, 5) is 23.2. The molecule has 2 N–H and O–H groups in total. The van der Waals surface area contributed by atoms with E-state index in [1.807, 2.05) is 6.07 Å². The van der Waals surface area contributed by atoms with E-state index in [0.29, 0.717) is 5.69 Å². The Morgan fingerprint density at radius 1 is 1.23 bits per heavy atom. The number of benzene rings is 1. The highest BCUT2D eigenvalue weighted by atomic mass is 32.1. The van der Waals surface area contributed by atoms with Crippen LogP contribution in [-0.4, -0.2) is 24.6 Å². The maximum absolute atomic E-state index is 12.2. The summed E-state index contributed by atoms with van der Waals surface area (Å²) in [6.07, 6.45) is 0. The van der Waals surface area contributed by atoms with Crippen LogP contribution >= 0.6 is 12.2 Å². The van der Waals surface area contributed by atoms with Gasteiger partial charge in [0.1, 0.15) is 23.6 Å². The van der Waals surface area contributed by atoms with Gasteiger partial charge in [-0.2, -0.15) is 15.5 Å². The first-order valence-corrected chi connectivity index (χ1v) is 7.71. The van der Waals surface area contributed by atoms with Crippen molar-refractivity contribution >= 4 is 23.6 Å². The number of nitriles is 2. The van der Waals surface area contributed by atoms with Crippen molar-refractivity contribution in [1.29, 1.82) is 10.5 Å². The zero-order chi connectivity index (χ0) is 18.8. The molecule has 0 bridgehead atoms. The molecule has 0 spiro atoms. The summed E-state index contributed by atoms with van der Waals surface area (Å²) in [6.45, 7) is 1.30. The second-order valence-corrected chi connectivity index (χ2v) is 5.60. The van der Waals surface area contributed by atoms with Gasteiger partial charge in [-0.15, -0.1) is 0 Å². The van der Waals surface area contributed by atoms with Crippen LogP contribution in [0.4, 0.5) is 0 Å². The summed E-state index contributed by atoms with van der Waals surface area (Å²) in [6, 6.07) is 12.4. The van der Waals surface area contributed by atoms with E-state index in [0.717, 1.165) is 0 Å². The van der Waals surface area contributed by atoms with Crippen molar-refractivity contribution < 1.29 is 5.11 Å². The van der Waals surface area contributed by atoms with E-state index in [1.165, 1.54) is 11.5 Å². The zero-order valence-electron chi connectivity index (χ0n) is 13.4. The van der Waals surface area contributed by atoms with Crippen LogP contribution in [0.3, 0.4) is 0 Å². The van der Waals surface area contributed by atoms with Crippen molar-refractivity contribution in [2.45, 2.75) is 6.92 Å². The normalized spacial score (nSPS) is 11.5. The lowest BCUT2D eigenvalue weighted by Crippen LogP contribution is -2.38. The van der Waals surface area contributed by atoms with Gasteiger partial charge in [-0.25, -0.2) is 4.98 Å². The number of fused-ring (bicyclic) bond motifs is 1. The Bertz CT molecular complexity index is 1290. The third kappa shape index (κ3) is 2.73. The third-order valence-electron chi connectivity index (χ3n) is 3.56. The van der Waals surface area contributed by atoms with E-state index in [-0.39, 0.29) is 38.3 Å². The molecular weight excluding hydrogens is 352 g/mol. The van der Waals surface area contributed by atoms with E-state index in [4.69, 9.17) is 12.2 Å². The Kier molecular flexibility index (Phi) is 4.31. The van der Waals surface area contributed by atoms with Gasteiger partial charge in [0.2, 0.25) is 0 Å². The molecule has 0 saturated carbocycles. The molecule has 0 saturated heterocycles. The lowest BCUT2D eigenvalue weighted by molar-refractivity contribution is 0.495. The largest absolute Gasteiger partial charge is 0.510 e. The molecule has 1 aromatic carbocycles. The monoisotopic (exact) mass is 362 g/mol. The molecule has 0 amide bonds. The Hall–Kier alpha value is -3.82. The van der Waals surface area contributed by atoms with Crippen molar-refractivity contribution in [3.05, 3.63) is 56.2 Å². The molecule has 0 unspecified atom stereocenters.